The zero-order valence-corrected chi connectivity index (χ0v) is 15.9. The molecule has 4 N–H and O–H groups in total. The maximum Gasteiger partial charge on any atom is 0.0840 e. The minimum atomic E-state index is -0.329. The van der Waals surface area contributed by atoms with Gasteiger partial charge in [-0.25, -0.2) is 0 Å². The third-order valence-corrected chi connectivity index (χ3v) is 5.01. The predicted molar refractivity (Wildman–Crippen MR) is 99.8 cm³/mol. The first kappa shape index (κ1) is 21.4. The van der Waals surface area contributed by atoms with E-state index in [1.54, 1.807) is 0 Å². The van der Waals surface area contributed by atoms with E-state index in [0.717, 1.165) is 6.42 Å². The van der Waals surface area contributed by atoms with Crippen LogP contribution in [0.15, 0.2) is 0 Å². The van der Waals surface area contributed by atoms with Crippen LogP contribution in [-0.2, 0) is 0 Å². The van der Waals surface area contributed by atoms with Gasteiger partial charge >= 0.3 is 0 Å². The second-order valence-electron chi connectivity index (χ2n) is 6.58. The smallest absolute Gasteiger partial charge is 0.0840 e. The van der Waals surface area contributed by atoms with E-state index in [9.17, 15) is 0 Å². The van der Waals surface area contributed by atoms with Crippen molar-refractivity contribution in [1.29, 1.82) is 0 Å². The maximum absolute atomic E-state index is 5.95. The van der Waals surface area contributed by atoms with Gasteiger partial charge in [-0.15, -0.1) is 0 Å². The van der Waals surface area contributed by atoms with Crippen molar-refractivity contribution >= 4 is 15.9 Å². The van der Waals surface area contributed by atoms with Crippen LogP contribution in [0, 0.1) is 0 Å². The molecular formula is C18H39BrN2. The second kappa shape index (κ2) is 15.3. The van der Waals surface area contributed by atoms with Gasteiger partial charge in [-0.05, 0) is 6.42 Å². The van der Waals surface area contributed by atoms with E-state index in [2.05, 4.69) is 22.9 Å². The van der Waals surface area contributed by atoms with Crippen molar-refractivity contribution in [3.05, 3.63) is 0 Å². The average molecular weight is 363 g/mol. The first-order chi connectivity index (χ1) is 10.1. The van der Waals surface area contributed by atoms with Crippen molar-refractivity contribution in [2.45, 2.75) is 108 Å². The third kappa shape index (κ3) is 16.6. The lowest BCUT2D eigenvalue weighted by atomic mass is 10.0. The Kier molecular flexibility index (Phi) is 15.6. The van der Waals surface area contributed by atoms with Gasteiger partial charge in [-0.1, -0.05) is 113 Å². The van der Waals surface area contributed by atoms with E-state index < -0.39 is 0 Å². The van der Waals surface area contributed by atoms with Gasteiger partial charge < -0.3 is 11.5 Å². The van der Waals surface area contributed by atoms with Gasteiger partial charge in [0.1, 0.15) is 0 Å². The zero-order chi connectivity index (χ0) is 15.8. The standard InChI is InChI=1S/C18H39BrN2/c1-2-3-4-5-6-7-8-9-10-11-12-13-14-15-16-18(19,21)17-20/h2-17,20-21H2,1H3. The molecule has 1 unspecified atom stereocenters. The molecule has 128 valence electrons. The summed E-state index contributed by atoms with van der Waals surface area (Å²) < 4.78 is -0.329. The van der Waals surface area contributed by atoms with Gasteiger partial charge in [-0.3, -0.25) is 0 Å². The first-order valence-corrected chi connectivity index (χ1v) is 10.1. The van der Waals surface area contributed by atoms with Crippen LogP contribution >= 0.6 is 15.9 Å². The van der Waals surface area contributed by atoms with Crippen LogP contribution < -0.4 is 11.5 Å². The Hall–Kier alpha value is 0.400. The highest BCUT2D eigenvalue weighted by atomic mass is 79.9. The normalized spacial score (nSPS) is 14.3. The number of hydrogen-bond donors (Lipinski definition) is 2. The minimum absolute atomic E-state index is 0.329. The average Bonchev–Trinajstić information content (AvgIpc) is 2.47. The van der Waals surface area contributed by atoms with Gasteiger partial charge in [-0.2, -0.15) is 0 Å². The predicted octanol–water partition coefficient (Wildman–Crippen LogP) is 5.87. The summed E-state index contributed by atoms with van der Waals surface area (Å²) in [5, 5.41) is 0. The molecule has 0 fully saturated rings. The molecule has 0 saturated carbocycles. The molecule has 0 radical (unpaired) electrons. The third-order valence-electron chi connectivity index (χ3n) is 4.29. The van der Waals surface area contributed by atoms with E-state index in [1.165, 1.54) is 89.9 Å². The topological polar surface area (TPSA) is 52.0 Å². The molecule has 2 nitrogen and oxygen atoms in total. The van der Waals surface area contributed by atoms with E-state index >= 15 is 0 Å². The summed E-state index contributed by atoms with van der Waals surface area (Å²) >= 11 is 3.47. The number of rotatable bonds is 16. The van der Waals surface area contributed by atoms with Gasteiger partial charge in [0.05, 0.1) is 4.45 Å². The molecular weight excluding hydrogens is 324 g/mol. The summed E-state index contributed by atoms with van der Waals surface area (Å²) in [7, 11) is 0. The van der Waals surface area contributed by atoms with Gasteiger partial charge in [0, 0.05) is 6.54 Å². The van der Waals surface area contributed by atoms with Crippen LogP contribution in [0.2, 0.25) is 0 Å². The molecule has 0 bridgehead atoms. The molecule has 0 saturated heterocycles. The molecule has 0 aliphatic rings. The second-order valence-corrected chi connectivity index (χ2v) is 8.16. The van der Waals surface area contributed by atoms with Gasteiger partial charge in [0.15, 0.2) is 0 Å². The fourth-order valence-electron chi connectivity index (χ4n) is 2.72. The molecule has 1 atom stereocenters. The molecule has 0 amide bonds. The zero-order valence-electron chi connectivity index (χ0n) is 14.3. The summed E-state index contributed by atoms with van der Waals surface area (Å²) in [5.41, 5.74) is 11.5. The highest BCUT2D eigenvalue weighted by Crippen LogP contribution is 2.19. The van der Waals surface area contributed by atoms with Gasteiger partial charge in [0.25, 0.3) is 0 Å². The Balaban J connectivity index is 3.06. The van der Waals surface area contributed by atoms with E-state index in [0.29, 0.717) is 6.54 Å². The lowest BCUT2D eigenvalue weighted by Crippen LogP contribution is -2.40. The molecule has 21 heavy (non-hydrogen) atoms. The number of halogens is 1. The van der Waals surface area contributed by atoms with Crippen molar-refractivity contribution < 1.29 is 0 Å². The number of unbranched alkanes of at least 4 members (excludes halogenated alkanes) is 13. The van der Waals surface area contributed by atoms with E-state index in [1.807, 2.05) is 0 Å². The van der Waals surface area contributed by atoms with Crippen LogP contribution in [0.4, 0.5) is 0 Å². The van der Waals surface area contributed by atoms with Crippen LogP contribution in [-0.4, -0.2) is 11.0 Å². The van der Waals surface area contributed by atoms with Crippen molar-refractivity contribution in [3.8, 4) is 0 Å². The van der Waals surface area contributed by atoms with Crippen LogP contribution in [0.1, 0.15) is 103 Å². The molecule has 0 heterocycles. The highest BCUT2D eigenvalue weighted by molar-refractivity contribution is 9.10. The Morgan fingerprint density at radius 2 is 1.00 bits per heavy atom. The Bertz CT molecular complexity index is 207. The molecule has 0 aliphatic carbocycles. The molecule has 0 rings (SSSR count). The molecule has 0 aromatic rings. The quantitative estimate of drug-likeness (QED) is 0.205. The molecule has 3 heteroatoms. The molecule has 0 aromatic carbocycles. The summed E-state index contributed by atoms with van der Waals surface area (Å²) in [4.78, 5) is 0. The lowest BCUT2D eigenvalue weighted by molar-refractivity contribution is 0.505. The van der Waals surface area contributed by atoms with E-state index in [4.69, 9.17) is 11.5 Å². The largest absolute Gasteiger partial charge is 0.328 e. The van der Waals surface area contributed by atoms with Crippen molar-refractivity contribution in [1.82, 2.24) is 0 Å². The monoisotopic (exact) mass is 362 g/mol. The number of alkyl halides is 1. The van der Waals surface area contributed by atoms with Crippen LogP contribution in [0.3, 0.4) is 0 Å². The SMILES string of the molecule is CCCCCCCCCCCCCCCCC(N)(Br)CN. The molecule has 0 aromatic heterocycles. The summed E-state index contributed by atoms with van der Waals surface area (Å²) in [5.74, 6) is 0. The van der Waals surface area contributed by atoms with Crippen molar-refractivity contribution in [3.63, 3.8) is 0 Å². The van der Waals surface area contributed by atoms with Gasteiger partial charge in [0.2, 0.25) is 0 Å². The van der Waals surface area contributed by atoms with Crippen molar-refractivity contribution in [2.75, 3.05) is 6.54 Å². The fraction of sp³-hybridized carbons (Fsp3) is 1.00. The minimum Gasteiger partial charge on any atom is -0.328 e. The molecule has 0 aliphatic heterocycles. The maximum atomic E-state index is 5.95. The Morgan fingerprint density at radius 3 is 1.33 bits per heavy atom. The summed E-state index contributed by atoms with van der Waals surface area (Å²) in [6.07, 6.45) is 20.5. The highest BCUT2D eigenvalue weighted by Gasteiger charge is 2.16. The Morgan fingerprint density at radius 1 is 0.667 bits per heavy atom. The number of hydrogen-bond acceptors (Lipinski definition) is 2. The van der Waals surface area contributed by atoms with Crippen LogP contribution in [0.5, 0.6) is 0 Å². The number of nitrogens with two attached hydrogens (primary N) is 2. The lowest BCUT2D eigenvalue weighted by Gasteiger charge is -2.19. The first-order valence-electron chi connectivity index (χ1n) is 9.30. The summed E-state index contributed by atoms with van der Waals surface area (Å²) in [6, 6.07) is 0. The van der Waals surface area contributed by atoms with Crippen LogP contribution in [0.25, 0.3) is 0 Å². The fourth-order valence-corrected chi connectivity index (χ4v) is 3.00. The van der Waals surface area contributed by atoms with E-state index in [-0.39, 0.29) is 4.45 Å². The molecule has 0 spiro atoms. The summed E-state index contributed by atoms with van der Waals surface area (Å²) in [6.45, 7) is 2.80. The Labute approximate surface area is 141 Å². The van der Waals surface area contributed by atoms with Crippen molar-refractivity contribution in [2.24, 2.45) is 11.5 Å².